The first-order valence-electron chi connectivity index (χ1n) is 4.19. The van der Waals surface area contributed by atoms with E-state index in [1.54, 1.807) is 0 Å². The standard InChI is InChI=1S/C8H11BrN4/c1-13(5-2-3-5)8-6(9)7(10)11-4-12-8/h4-5H,2-3H2,1H3,(H2,10,11,12). The maximum atomic E-state index is 5.65. The summed E-state index contributed by atoms with van der Waals surface area (Å²) in [5, 5.41) is 0. The first-order chi connectivity index (χ1) is 6.20. The summed E-state index contributed by atoms with van der Waals surface area (Å²) in [6.07, 6.45) is 3.98. The molecule has 4 nitrogen and oxygen atoms in total. The lowest BCUT2D eigenvalue weighted by molar-refractivity contribution is 0.882. The van der Waals surface area contributed by atoms with Gasteiger partial charge in [0.15, 0.2) is 0 Å². The molecule has 0 unspecified atom stereocenters. The van der Waals surface area contributed by atoms with Crippen LogP contribution in [0.4, 0.5) is 11.6 Å². The third-order valence-corrected chi connectivity index (χ3v) is 2.99. The number of rotatable bonds is 2. The zero-order valence-corrected chi connectivity index (χ0v) is 8.95. The number of hydrogen-bond acceptors (Lipinski definition) is 4. The van der Waals surface area contributed by atoms with E-state index in [4.69, 9.17) is 5.73 Å². The Morgan fingerprint density at radius 1 is 1.54 bits per heavy atom. The zero-order chi connectivity index (χ0) is 9.42. The predicted octanol–water partition coefficient (Wildman–Crippen LogP) is 1.42. The summed E-state index contributed by atoms with van der Waals surface area (Å²) in [7, 11) is 2.03. The normalized spacial score (nSPS) is 15.8. The largest absolute Gasteiger partial charge is 0.383 e. The molecule has 1 fully saturated rings. The van der Waals surface area contributed by atoms with Crippen molar-refractivity contribution < 1.29 is 0 Å². The van der Waals surface area contributed by atoms with Crippen molar-refractivity contribution in [2.45, 2.75) is 18.9 Å². The Morgan fingerprint density at radius 2 is 2.23 bits per heavy atom. The number of anilines is 2. The molecule has 1 aromatic heterocycles. The van der Waals surface area contributed by atoms with Gasteiger partial charge in [-0.3, -0.25) is 0 Å². The van der Waals surface area contributed by atoms with Crippen LogP contribution >= 0.6 is 15.9 Å². The molecule has 0 amide bonds. The highest BCUT2D eigenvalue weighted by Gasteiger charge is 2.28. The quantitative estimate of drug-likeness (QED) is 0.853. The molecule has 70 valence electrons. The number of halogens is 1. The summed E-state index contributed by atoms with van der Waals surface area (Å²) in [6.45, 7) is 0. The van der Waals surface area contributed by atoms with Crippen LogP contribution in [0.5, 0.6) is 0 Å². The van der Waals surface area contributed by atoms with Gasteiger partial charge in [0.05, 0.1) is 0 Å². The van der Waals surface area contributed by atoms with Gasteiger partial charge in [-0.1, -0.05) is 0 Å². The summed E-state index contributed by atoms with van der Waals surface area (Å²) in [6, 6.07) is 0.630. The number of nitrogens with zero attached hydrogens (tertiary/aromatic N) is 3. The second kappa shape index (κ2) is 3.14. The highest BCUT2D eigenvalue weighted by Crippen LogP contribution is 2.34. The Hall–Kier alpha value is -0.840. The van der Waals surface area contributed by atoms with Gasteiger partial charge in [-0.05, 0) is 28.8 Å². The van der Waals surface area contributed by atoms with Crippen molar-refractivity contribution in [1.82, 2.24) is 9.97 Å². The van der Waals surface area contributed by atoms with Gasteiger partial charge >= 0.3 is 0 Å². The molecule has 0 spiro atoms. The average molecular weight is 243 g/mol. The molecule has 5 heteroatoms. The Bertz CT molecular complexity index is 324. The van der Waals surface area contributed by atoms with Crippen LogP contribution in [0.15, 0.2) is 10.8 Å². The van der Waals surface area contributed by atoms with Crippen molar-refractivity contribution in [2.24, 2.45) is 0 Å². The van der Waals surface area contributed by atoms with Gasteiger partial charge in [-0.15, -0.1) is 0 Å². The number of nitrogens with two attached hydrogens (primary N) is 1. The highest BCUT2D eigenvalue weighted by molar-refractivity contribution is 9.10. The number of aromatic nitrogens is 2. The van der Waals surface area contributed by atoms with E-state index in [-0.39, 0.29) is 0 Å². The summed E-state index contributed by atoms with van der Waals surface area (Å²) in [4.78, 5) is 10.2. The van der Waals surface area contributed by atoms with Crippen LogP contribution in [-0.2, 0) is 0 Å². The van der Waals surface area contributed by atoms with Crippen LogP contribution in [0.1, 0.15) is 12.8 Å². The smallest absolute Gasteiger partial charge is 0.148 e. The molecule has 1 aliphatic rings. The molecule has 1 aromatic rings. The lowest BCUT2D eigenvalue weighted by Gasteiger charge is -2.18. The fourth-order valence-corrected chi connectivity index (χ4v) is 1.74. The van der Waals surface area contributed by atoms with E-state index in [1.807, 2.05) is 7.05 Å². The fraction of sp³-hybridized carbons (Fsp3) is 0.500. The van der Waals surface area contributed by atoms with E-state index in [0.717, 1.165) is 10.3 Å². The van der Waals surface area contributed by atoms with E-state index < -0.39 is 0 Å². The molecule has 1 saturated carbocycles. The second-order valence-corrected chi connectivity index (χ2v) is 4.03. The highest BCUT2D eigenvalue weighted by atomic mass is 79.9. The Labute approximate surface area is 85.3 Å². The summed E-state index contributed by atoms with van der Waals surface area (Å²) < 4.78 is 0.796. The molecular weight excluding hydrogens is 232 g/mol. The molecule has 1 heterocycles. The molecule has 0 saturated heterocycles. The Kier molecular flexibility index (Phi) is 2.11. The summed E-state index contributed by atoms with van der Waals surface area (Å²) in [5.41, 5.74) is 5.65. The van der Waals surface area contributed by atoms with Crippen LogP contribution in [-0.4, -0.2) is 23.1 Å². The number of hydrogen-bond donors (Lipinski definition) is 1. The van der Waals surface area contributed by atoms with Crippen molar-refractivity contribution in [3.63, 3.8) is 0 Å². The second-order valence-electron chi connectivity index (χ2n) is 3.24. The molecule has 1 aliphatic carbocycles. The zero-order valence-electron chi connectivity index (χ0n) is 7.37. The topological polar surface area (TPSA) is 55.0 Å². The molecule has 0 aromatic carbocycles. The van der Waals surface area contributed by atoms with Crippen LogP contribution in [0.2, 0.25) is 0 Å². The van der Waals surface area contributed by atoms with Gasteiger partial charge in [-0.25, -0.2) is 9.97 Å². The van der Waals surface area contributed by atoms with Crippen molar-refractivity contribution in [3.8, 4) is 0 Å². The first-order valence-corrected chi connectivity index (χ1v) is 4.98. The third kappa shape index (κ3) is 1.60. The van der Waals surface area contributed by atoms with Gasteiger partial charge < -0.3 is 10.6 Å². The molecule has 13 heavy (non-hydrogen) atoms. The van der Waals surface area contributed by atoms with Gasteiger partial charge in [0.25, 0.3) is 0 Å². The lowest BCUT2D eigenvalue weighted by atomic mass is 10.4. The molecular formula is C8H11BrN4. The van der Waals surface area contributed by atoms with Crippen molar-refractivity contribution in [1.29, 1.82) is 0 Å². The fourth-order valence-electron chi connectivity index (χ4n) is 1.25. The third-order valence-electron chi connectivity index (χ3n) is 2.23. The number of nitrogen functional groups attached to an aromatic ring is 1. The molecule has 2 N–H and O–H groups in total. The predicted molar refractivity (Wildman–Crippen MR) is 55.6 cm³/mol. The molecule has 0 aliphatic heterocycles. The average Bonchev–Trinajstić information content (AvgIpc) is 2.91. The van der Waals surface area contributed by atoms with Gasteiger partial charge in [0, 0.05) is 13.1 Å². The van der Waals surface area contributed by atoms with E-state index in [9.17, 15) is 0 Å². The van der Waals surface area contributed by atoms with Gasteiger partial charge in [0.1, 0.15) is 22.4 Å². The minimum absolute atomic E-state index is 0.498. The molecule has 2 rings (SSSR count). The van der Waals surface area contributed by atoms with Crippen molar-refractivity contribution in [3.05, 3.63) is 10.8 Å². The minimum atomic E-state index is 0.498. The van der Waals surface area contributed by atoms with Crippen LogP contribution < -0.4 is 10.6 Å². The Morgan fingerprint density at radius 3 is 2.85 bits per heavy atom. The maximum Gasteiger partial charge on any atom is 0.148 e. The van der Waals surface area contributed by atoms with Gasteiger partial charge in [-0.2, -0.15) is 0 Å². The first kappa shape index (κ1) is 8.74. The van der Waals surface area contributed by atoms with Crippen LogP contribution in [0, 0.1) is 0 Å². The van der Waals surface area contributed by atoms with E-state index in [1.165, 1.54) is 19.2 Å². The SMILES string of the molecule is CN(c1ncnc(N)c1Br)C1CC1. The van der Waals surface area contributed by atoms with Crippen LogP contribution in [0.25, 0.3) is 0 Å². The monoisotopic (exact) mass is 242 g/mol. The van der Waals surface area contributed by atoms with Gasteiger partial charge in [0.2, 0.25) is 0 Å². The maximum absolute atomic E-state index is 5.65. The van der Waals surface area contributed by atoms with Crippen LogP contribution in [0.3, 0.4) is 0 Å². The molecule has 0 radical (unpaired) electrons. The van der Waals surface area contributed by atoms with Crippen molar-refractivity contribution in [2.75, 3.05) is 17.7 Å². The summed E-state index contributed by atoms with van der Waals surface area (Å²) >= 11 is 3.39. The summed E-state index contributed by atoms with van der Waals surface area (Å²) in [5.74, 6) is 1.38. The molecule has 0 atom stereocenters. The lowest BCUT2D eigenvalue weighted by Crippen LogP contribution is -2.21. The van der Waals surface area contributed by atoms with Crippen molar-refractivity contribution >= 4 is 27.6 Å². The van der Waals surface area contributed by atoms with E-state index in [2.05, 4.69) is 30.8 Å². The minimum Gasteiger partial charge on any atom is -0.383 e. The Balaban J connectivity index is 2.32. The molecule has 0 bridgehead atoms. The van der Waals surface area contributed by atoms with E-state index >= 15 is 0 Å². The van der Waals surface area contributed by atoms with E-state index in [0.29, 0.717) is 11.9 Å².